The van der Waals surface area contributed by atoms with Gasteiger partial charge in [-0.25, -0.2) is 0 Å². The summed E-state index contributed by atoms with van der Waals surface area (Å²) >= 11 is 0. The van der Waals surface area contributed by atoms with Gasteiger partial charge in [0.05, 0.1) is 0 Å². The predicted octanol–water partition coefficient (Wildman–Crippen LogP) is -5.66. The van der Waals surface area contributed by atoms with Crippen LogP contribution in [-0.4, -0.2) is 0 Å². The summed E-state index contributed by atoms with van der Waals surface area (Å²) in [5, 5.41) is 0. The second-order valence-electron chi connectivity index (χ2n) is 0.894. The topological polar surface area (TPSA) is 172 Å². The Morgan fingerprint density at radius 2 is 0.615 bits per heavy atom. The molecule has 0 heterocycles. The monoisotopic (exact) mass is 373 g/mol. The molecule has 0 fully saturated rings. The van der Waals surface area contributed by atoms with Crippen LogP contribution in [0.5, 0.6) is 0 Å². The SMILES string of the molecule is O=P([O-])([O-])[O-].O=P([O-])([O-])[O-].[Mn+2].[Zn+2].[Zn+2]. The van der Waals surface area contributed by atoms with Crippen molar-refractivity contribution in [3.8, 4) is 0 Å². The normalized spacial score (nSPS) is 9.08. The second kappa shape index (κ2) is 12.1. The maximum Gasteiger partial charge on any atom is 2.00 e. The van der Waals surface area contributed by atoms with Crippen LogP contribution < -0.4 is 29.4 Å². The van der Waals surface area contributed by atoms with Crippen LogP contribution >= 0.6 is 15.6 Å². The van der Waals surface area contributed by atoms with Crippen molar-refractivity contribution < 1.29 is 94.5 Å². The average molecular weight is 376 g/mol. The van der Waals surface area contributed by atoms with Gasteiger partial charge in [-0.1, -0.05) is 0 Å². The molecule has 0 aliphatic carbocycles. The summed E-state index contributed by atoms with van der Waals surface area (Å²) in [6, 6.07) is 0. The molecule has 0 saturated heterocycles. The maximum absolute atomic E-state index is 8.55. The Bertz CT molecular complexity index is 132. The van der Waals surface area contributed by atoms with Crippen LogP contribution in [0.2, 0.25) is 0 Å². The third-order valence-electron chi connectivity index (χ3n) is 0. The van der Waals surface area contributed by atoms with Crippen LogP contribution in [0.4, 0.5) is 0 Å². The molecule has 0 spiro atoms. The molecule has 0 bridgehead atoms. The maximum atomic E-state index is 8.55. The quantitative estimate of drug-likeness (QED) is 0.297. The van der Waals surface area contributed by atoms with Crippen LogP contribution in [-0.2, 0) is 65.2 Å². The van der Waals surface area contributed by atoms with Crippen molar-refractivity contribution in [3.05, 3.63) is 0 Å². The molecule has 8 nitrogen and oxygen atoms in total. The van der Waals surface area contributed by atoms with E-state index in [9.17, 15) is 0 Å². The zero-order valence-electron chi connectivity index (χ0n) is 5.95. The molecule has 13 heteroatoms. The summed E-state index contributed by atoms with van der Waals surface area (Å²) < 4.78 is 17.1. The van der Waals surface area contributed by atoms with Gasteiger partial charge in [-0.05, 0) is 0 Å². The first-order chi connectivity index (χ1) is 4.00. The van der Waals surface area contributed by atoms with E-state index in [1.807, 2.05) is 0 Å². The molecule has 0 N–H and O–H groups in total. The molecule has 0 amide bonds. The Balaban J connectivity index is -0.0000000267. The molecule has 0 saturated carbocycles. The summed E-state index contributed by atoms with van der Waals surface area (Å²) in [7, 11) is -10.8. The molecule has 69 valence electrons. The Morgan fingerprint density at radius 3 is 0.615 bits per heavy atom. The summed E-state index contributed by atoms with van der Waals surface area (Å²) in [4.78, 5) is 51.3. The van der Waals surface area contributed by atoms with Crippen molar-refractivity contribution in [2.75, 3.05) is 0 Å². The molecule has 0 aromatic rings. The van der Waals surface area contributed by atoms with E-state index in [2.05, 4.69) is 0 Å². The summed E-state index contributed by atoms with van der Waals surface area (Å²) in [6.45, 7) is 0. The summed E-state index contributed by atoms with van der Waals surface area (Å²) in [5.74, 6) is 0. The van der Waals surface area contributed by atoms with Gasteiger partial charge in [0, 0.05) is 0 Å². The molecule has 0 rings (SSSR count). The van der Waals surface area contributed by atoms with Gasteiger partial charge in [0.2, 0.25) is 0 Å². The van der Waals surface area contributed by atoms with Crippen molar-refractivity contribution in [1.82, 2.24) is 0 Å². The standard InChI is InChI=1S/Mn.2H3O4P.2Zn/c;2*1-5(2,3)4;;/h;2*(H3,1,2,3,4);;/q+2;;;2*+2/p-6. The smallest absolute Gasteiger partial charge is 0.822 e. The van der Waals surface area contributed by atoms with Crippen molar-refractivity contribution in [3.63, 3.8) is 0 Å². The third-order valence-corrected chi connectivity index (χ3v) is 0. The zero-order chi connectivity index (χ0) is 9.00. The third kappa shape index (κ3) is 509. The molecular formula is MnO8P2Zn2. The first-order valence-corrected chi connectivity index (χ1v) is 4.38. The van der Waals surface area contributed by atoms with Crippen LogP contribution in [0.3, 0.4) is 0 Å². The van der Waals surface area contributed by atoms with Crippen molar-refractivity contribution >= 4 is 15.6 Å². The van der Waals surface area contributed by atoms with Gasteiger partial charge in [0.1, 0.15) is 0 Å². The van der Waals surface area contributed by atoms with E-state index in [0.717, 1.165) is 0 Å². The fraction of sp³-hybridized carbons (Fsp3) is 0. The van der Waals surface area contributed by atoms with Crippen LogP contribution in [0.1, 0.15) is 0 Å². The second-order valence-corrected chi connectivity index (χ2v) is 2.68. The minimum Gasteiger partial charge on any atom is -0.822 e. The van der Waals surface area contributed by atoms with Gasteiger partial charge in [-0.3, -0.25) is 0 Å². The Labute approximate surface area is 110 Å². The Morgan fingerprint density at radius 1 is 0.615 bits per heavy atom. The first-order valence-electron chi connectivity index (χ1n) is 1.46. The Hall–Kier alpha value is 1.99. The van der Waals surface area contributed by atoms with Gasteiger partial charge < -0.3 is 38.5 Å². The van der Waals surface area contributed by atoms with E-state index in [4.69, 9.17) is 38.5 Å². The molecule has 0 atom stereocenters. The van der Waals surface area contributed by atoms with E-state index in [-0.39, 0.29) is 56.0 Å². The fourth-order valence-electron chi connectivity index (χ4n) is 0. The minimum absolute atomic E-state index is 0. The molecule has 0 aromatic carbocycles. The molecular weight excluding hydrogens is 376 g/mol. The van der Waals surface area contributed by atoms with E-state index < -0.39 is 15.6 Å². The molecule has 13 heavy (non-hydrogen) atoms. The summed E-state index contributed by atoms with van der Waals surface area (Å²) in [5.41, 5.74) is 0. The molecule has 0 unspecified atom stereocenters. The van der Waals surface area contributed by atoms with Crippen molar-refractivity contribution in [2.24, 2.45) is 0 Å². The first kappa shape index (κ1) is 29.4. The zero-order valence-corrected chi connectivity index (χ0v) is 14.9. The number of phosphoric acid groups is 2. The van der Waals surface area contributed by atoms with Crippen molar-refractivity contribution in [2.45, 2.75) is 0 Å². The molecule has 0 aliphatic rings. The molecule has 1 radical (unpaired) electrons. The van der Waals surface area contributed by atoms with E-state index in [1.54, 1.807) is 0 Å². The predicted molar refractivity (Wildman–Crippen MR) is 15.2 cm³/mol. The van der Waals surface area contributed by atoms with Gasteiger partial charge in [-0.2, -0.15) is 15.6 Å². The van der Waals surface area contributed by atoms with E-state index in [0.29, 0.717) is 0 Å². The van der Waals surface area contributed by atoms with Gasteiger partial charge in [0.25, 0.3) is 0 Å². The van der Waals surface area contributed by atoms with Crippen LogP contribution in [0, 0.1) is 0 Å². The van der Waals surface area contributed by atoms with Gasteiger partial charge in [-0.15, -0.1) is 0 Å². The number of hydrogen-bond acceptors (Lipinski definition) is 8. The largest absolute Gasteiger partial charge is 2.00 e. The van der Waals surface area contributed by atoms with E-state index >= 15 is 0 Å². The van der Waals surface area contributed by atoms with Crippen LogP contribution in [0.25, 0.3) is 0 Å². The van der Waals surface area contributed by atoms with Crippen LogP contribution in [0.15, 0.2) is 0 Å². The number of hydrogen-bond donors (Lipinski definition) is 0. The van der Waals surface area contributed by atoms with Crippen molar-refractivity contribution in [1.29, 1.82) is 0 Å². The fourth-order valence-corrected chi connectivity index (χ4v) is 0. The number of rotatable bonds is 0. The Kier molecular flexibility index (Phi) is 27.3. The van der Waals surface area contributed by atoms with E-state index in [1.165, 1.54) is 0 Å². The summed E-state index contributed by atoms with van der Waals surface area (Å²) in [6.07, 6.45) is 0. The minimum atomic E-state index is -5.39. The van der Waals surface area contributed by atoms with Gasteiger partial charge in [0.15, 0.2) is 0 Å². The molecule has 0 aromatic heterocycles. The average Bonchev–Trinajstić information content (AvgIpc) is 1.12. The van der Waals surface area contributed by atoms with Gasteiger partial charge >= 0.3 is 56.0 Å². The molecule has 0 aliphatic heterocycles.